The number of hydrogen-bond donors (Lipinski definition) is 3. The number of carbonyl (C=O) groups is 4. The highest BCUT2D eigenvalue weighted by Gasteiger charge is 2.28. The predicted molar refractivity (Wildman–Crippen MR) is 64.8 cm³/mol. The average Bonchev–Trinajstić information content (AvgIpc) is 2.42. The fraction of sp³-hybridized carbons (Fsp3) is 0.250. The Morgan fingerprint density at radius 3 is 2.65 bits per heavy atom. The minimum atomic E-state index is -1.19. The van der Waals surface area contributed by atoms with Crippen LogP contribution in [-0.4, -0.2) is 39.8 Å². The quantitative estimate of drug-likeness (QED) is 0.628. The van der Waals surface area contributed by atoms with Gasteiger partial charge in [-0.2, -0.15) is 0 Å². The number of carboxylic acids is 1. The number of pyridine rings is 1. The van der Waals surface area contributed by atoms with Gasteiger partial charge in [0.05, 0.1) is 5.56 Å². The Hall–Kier alpha value is -2.77. The zero-order valence-electron chi connectivity index (χ0n) is 10.3. The maximum absolute atomic E-state index is 11.9. The van der Waals surface area contributed by atoms with E-state index >= 15 is 0 Å². The van der Waals surface area contributed by atoms with Crippen molar-refractivity contribution in [3.63, 3.8) is 0 Å². The lowest BCUT2D eigenvalue weighted by Gasteiger charge is -2.21. The molecule has 8 nitrogen and oxygen atoms in total. The topological polar surface area (TPSA) is 125 Å². The van der Waals surface area contributed by atoms with E-state index in [1.54, 1.807) is 0 Å². The number of imide groups is 1. The molecule has 1 aromatic rings. The molecule has 0 radical (unpaired) electrons. The largest absolute Gasteiger partial charge is 0.477 e. The molecule has 3 N–H and O–H groups in total. The minimum Gasteiger partial charge on any atom is -0.477 e. The minimum absolute atomic E-state index is 0.139. The second kappa shape index (κ2) is 5.47. The van der Waals surface area contributed by atoms with Crippen LogP contribution >= 0.6 is 0 Å². The van der Waals surface area contributed by atoms with E-state index in [2.05, 4.69) is 15.6 Å². The number of amides is 3. The molecule has 0 bridgehead atoms. The van der Waals surface area contributed by atoms with Crippen LogP contribution in [0.5, 0.6) is 0 Å². The van der Waals surface area contributed by atoms with E-state index in [9.17, 15) is 19.2 Å². The number of aromatic carboxylic acids is 1. The fourth-order valence-corrected chi connectivity index (χ4v) is 1.73. The first kappa shape index (κ1) is 13.7. The van der Waals surface area contributed by atoms with Crippen molar-refractivity contribution < 1.29 is 24.3 Å². The molecule has 20 heavy (non-hydrogen) atoms. The van der Waals surface area contributed by atoms with Gasteiger partial charge in [-0.1, -0.05) is 0 Å². The van der Waals surface area contributed by atoms with Crippen molar-refractivity contribution in [2.24, 2.45) is 0 Å². The van der Waals surface area contributed by atoms with Gasteiger partial charge in [-0.3, -0.25) is 19.7 Å². The molecule has 1 aromatic heterocycles. The average molecular weight is 277 g/mol. The predicted octanol–water partition coefficient (Wildman–Crippen LogP) is -0.685. The van der Waals surface area contributed by atoms with E-state index in [4.69, 9.17) is 5.11 Å². The third-order valence-electron chi connectivity index (χ3n) is 2.79. The molecule has 1 fully saturated rings. The van der Waals surface area contributed by atoms with Gasteiger partial charge in [0.25, 0.3) is 5.91 Å². The summed E-state index contributed by atoms with van der Waals surface area (Å²) in [6.45, 7) is 0. The summed E-state index contributed by atoms with van der Waals surface area (Å²) in [5, 5.41) is 13.3. The summed E-state index contributed by atoms with van der Waals surface area (Å²) in [5.74, 6) is -2.66. The molecule has 0 aromatic carbocycles. The Kier molecular flexibility index (Phi) is 3.74. The van der Waals surface area contributed by atoms with Gasteiger partial charge in [0, 0.05) is 12.6 Å². The van der Waals surface area contributed by atoms with Crippen molar-refractivity contribution in [1.29, 1.82) is 0 Å². The van der Waals surface area contributed by atoms with Crippen molar-refractivity contribution in [3.05, 3.63) is 29.6 Å². The summed E-state index contributed by atoms with van der Waals surface area (Å²) in [5.41, 5.74) is -0.0396. The van der Waals surface area contributed by atoms with Gasteiger partial charge in [0.2, 0.25) is 11.8 Å². The molecule has 1 atom stereocenters. The summed E-state index contributed by atoms with van der Waals surface area (Å²) in [6.07, 6.45) is 1.51. The number of carbonyl (C=O) groups excluding carboxylic acids is 3. The van der Waals surface area contributed by atoms with Gasteiger partial charge in [0.1, 0.15) is 11.7 Å². The molecular formula is C12H11N3O5. The van der Waals surface area contributed by atoms with Crippen LogP contribution in [0.1, 0.15) is 33.7 Å². The first-order valence-electron chi connectivity index (χ1n) is 5.81. The number of hydrogen-bond acceptors (Lipinski definition) is 5. The molecule has 2 rings (SSSR count). The molecule has 104 valence electrons. The Balaban J connectivity index is 2.03. The molecule has 0 saturated carbocycles. The maximum Gasteiger partial charge on any atom is 0.354 e. The zero-order chi connectivity index (χ0) is 14.7. The van der Waals surface area contributed by atoms with Crippen molar-refractivity contribution >= 4 is 23.7 Å². The number of aromatic nitrogens is 1. The lowest BCUT2D eigenvalue weighted by Crippen LogP contribution is -2.52. The third-order valence-corrected chi connectivity index (χ3v) is 2.79. The van der Waals surface area contributed by atoms with Gasteiger partial charge in [-0.15, -0.1) is 0 Å². The van der Waals surface area contributed by atoms with E-state index < -0.39 is 23.8 Å². The zero-order valence-corrected chi connectivity index (χ0v) is 10.3. The molecule has 8 heteroatoms. The highest BCUT2D eigenvalue weighted by molar-refractivity contribution is 6.03. The number of nitrogens with one attached hydrogen (secondary N) is 2. The summed E-state index contributed by atoms with van der Waals surface area (Å²) >= 11 is 0. The number of carboxylic acid groups (broad SMARTS) is 1. The Bertz CT molecular complexity index is 581. The molecule has 1 saturated heterocycles. The maximum atomic E-state index is 11.9. The third kappa shape index (κ3) is 2.97. The van der Waals surface area contributed by atoms with E-state index in [0.29, 0.717) is 0 Å². The first-order chi connectivity index (χ1) is 9.47. The summed E-state index contributed by atoms with van der Waals surface area (Å²) < 4.78 is 0. The van der Waals surface area contributed by atoms with Crippen molar-refractivity contribution in [1.82, 2.24) is 15.6 Å². The molecule has 1 unspecified atom stereocenters. The van der Waals surface area contributed by atoms with Crippen LogP contribution in [0.15, 0.2) is 18.3 Å². The van der Waals surface area contributed by atoms with Crippen molar-refractivity contribution in [2.45, 2.75) is 18.9 Å². The molecule has 0 aliphatic carbocycles. The van der Waals surface area contributed by atoms with E-state index in [-0.39, 0.29) is 30.0 Å². The van der Waals surface area contributed by atoms with Gasteiger partial charge < -0.3 is 10.4 Å². The van der Waals surface area contributed by atoms with Crippen LogP contribution in [0.4, 0.5) is 0 Å². The smallest absolute Gasteiger partial charge is 0.354 e. The van der Waals surface area contributed by atoms with Crippen LogP contribution in [0.25, 0.3) is 0 Å². The first-order valence-corrected chi connectivity index (χ1v) is 5.81. The number of piperidine rings is 1. The summed E-state index contributed by atoms with van der Waals surface area (Å²) in [7, 11) is 0. The van der Waals surface area contributed by atoms with Gasteiger partial charge in [-0.25, -0.2) is 9.78 Å². The van der Waals surface area contributed by atoms with Crippen LogP contribution in [0.2, 0.25) is 0 Å². The highest BCUT2D eigenvalue weighted by atomic mass is 16.4. The monoisotopic (exact) mass is 277 g/mol. The van der Waals surface area contributed by atoms with Gasteiger partial charge in [-0.05, 0) is 18.6 Å². The van der Waals surface area contributed by atoms with Gasteiger partial charge in [0.15, 0.2) is 0 Å². The Morgan fingerprint density at radius 2 is 2.10 bits per heavy atom. The van der Waals surface area contributed by atoms with E-state index in [0.717, 1.165) is 6.20 Å². The van der Waals surface area contributed by atoms with E-state index in [1.807, 2.05) is 0 Å². The lowest BCUT2D eigenvalue weighted by atomic mass is 10.1. The summed E-state index contributed by atoms with van der Waals surface area (Å²) in [4.78, 5) is 48.5. The number of rotatable bonds is 3. The Morgan fingerprint density at radius 1 is 1.35 bits per heavy atom. The molecule has 2 heterocycles. The standard InChI is InChI=1S/C12H11N3O5/c16-9-4-3-7(11(18)15-9)14-10(17)6-1-2-8(12(19)20)13-5-6/h1-2,5,7H,3-4H2,(H,14,17)(H,19,20)(H,15,16,18). The summed E-state index contributed by atoms with van der Waals surface area (Å²) in [6, 6.07) is 1.72. The molecule has 1 aliphatic heterocycles. The second-order valence-electron chi connectivity index (χ2n) is 4.21. The van der Waals surface area contributed by atoms with Crippen molar-refractivity contribution in [2.75, 3.05) is 0 Å². The fourth-order valence-electron chi connectivity index (χ4n) is 1.73. The Labute approximate surface area is 113 Å². The van der Waals surface area contributed by atoms with Crippen LogP contribution < -0.4 is 10.6 Å². The van der Waals surface area contributed by atoms with Crippen LogP contribution in [0.3, 0.4) is 0 Å². The SMILES string of the molecule is O=C1CCC(NC(=O)c2ccc(C(=O)O)nc2)C(=O)N1. The molecular weight excluding hydrogens is 266 g/mol. The molecule has 0 spiro atoms. The molecule has 1 aliphatic rings. The molecule has 3 amide bonds. The normalized spacial score (nSPS) is 18.3. The lowest BCUT2D eigenvalue weighted by molar-refractivity contribution is -0.134. The second-order valence-corrected chi connectivity index (χ2v) is 4.21. The van der Waals surface area contributed by atoms with Crippen LogP contribution in [-0.2, 0) is 9.59 Å². The van der Waals surface area contributed by atoms with Gasteiger partial charge >= 0.3 is 5.97 Å². The number of nitrogens with zero attached hydrogens (tertiary/aromatic N) is 1. The van der Waals surface area contributed by atoms with Crippen molar-refractivity contribution in [3.8, 4) is 0 Å². The van der Waals surface area contributed by atoms with Crippen LogP contribution in [0, 0.1) is 0 Å². The highest BCUT2D eigenvalue weighted by Crippen LogP contribution is 2.06. The van der Waals surface area contributed by atoms with E-state index in [1.165, 1.54) is 12.1 Å².